The average Bonchev–Trinajstić information content (AvgIpc) is 2.42. The highest BCUT2D eigenvalue weighted by molar-refractivity contribution is 6.15. The first-order chi connectivity index (χ1) is 6.99. The lowest BCUT2D eigenvalue weighted by Crippen LogP contribution is -2.34. The van der Waals surface area contributed by atoms with Crippen LogP contribution in [0.5, 0.6) is 5.75 Å². The van der Waals surface area contributed by atoms with Gasteiger partial charge in [0.2, 0.25) is 0 Å². The minimum atomic E-state index is -0.701. The summed E-state index contributed by atoms with van der Waals surface area (Å²) >= 11 is 0. The van der Waals surface area contributed by atoms with Gasteiger partial charge in [-0.3, -0.25) is 9.79 Å². The third kappa shape index (κ3) is 1.70. The minimum Gasteiger partial charge on any atom is -0.508 e. The number of carbonyl (C=O) groups is 1. The summed E-state index contributed by atoms with van der Waals surface area (Å²) in [5, 5.41) is 11.8. The second kappa shape index (κ2) is 3.08. The molecule has 78 valence electrons. The first-order valence-electron chi connectivity index (χ1n) is 4.70. The lowest BCUT2D eigenvalue weighted by atomic mass is 10.1. The zero-order valence-electron chi connectivity index (χ0n) is 8.61. The molecule has 2 rings (SSSR count). The lowest BCUT2D eigenvalue weighted by Gasteiger charge is -2.07. The van der Waals surface area contributed by atoms with Crippen molar-refractivity contribution in [2.24, 2.45) is 4.99 Å². The Bertz CT molecular complexity index is 432. The number of nitrogens with one attached hydrogen (secondary N) is 1. The largest absolute Gasteiger partial charge is 0.508 e. The molecule has 4 heteroatoms. The molecule has 2 N–H and O–H groups in total. The minimum absolute atomic E-state index is 0.106. The van der Waals surface area contributed by atoms with E-state index in [4.69, 9.17) is 5.11 Å². The van der Waals surface area contributed by atoms with E-state index >= 15 is 0 Å². The number of nitrogens with zero attached hydrogens (tertiary/aromatic N) is 1. The van der Waals surface area contributed by atoms with E-state index in [1.165, 1.54) is 0 Å². The molecule has 1 amide bonds. The number of carbonyl (C=O) groups excluding carboxylic acids is 1. The predicted molar refractivity (Wildman–Crippen MR) is 56.9 cm³/mol. The number of amides is 1. The average molecular weight is 204 g/mol. The first kappa shape index (κ1) is 9.71. The van der Waals surface area contributed by atoms with E-state index < -0.39 is 5.54 Å². The van der Waals surface area contributed by atoms with Crippen LogP contribution in [0, 0.1) is 0 Å². The molecule has 1 aliphatic rings. The van der Waals surface area contributed by atoms with Gasteiger partial charge in [0, 0.05) is 5.56 Å². The maximum atomic E-state index is 11.5. The molecule has 0 saturated heterocycles. The highest BCUT2D eigenvalue weighted by atomic mass is 16.3. The molecule has 0 aromatic heterocycles. The highest BCUT2D eigenvalue weighted by Crippen LogP contribution is 2.18. The first-order valence-corrected chi connectivity index (χ1v) is 4.70. The van der Waals surface area contributed by atoms with E-state index in [1.807, 2.05) is 0 Å². The summed E-state index contributed by atoms with van der Waals surface area (Å²) in [6, 6.07) is 6.57. The summed E-state index contributed by atoms with van der Waals surface area (Å²) in [4.78, 5) is 15.7. The molecule has 4 nitrogen and oxygen atoms in total. The molecule has 1 aromatic carbocycles. The molecule has 0 spiro atoms. The third-order valence-electron chi connectivity index (χ3n) is 2.32. The van der Waals surface area contributed by atoms with Crippen molar-refractivity contribution in [2.75, 3.05) is 0 Å². The van der Waals surface area contributed by atoms with Crippen LogP contribution < -0.4 is 5.32 Å². The summed E-state index contributed by atoms with van der Waals surface area (Å²) in [6.07, 6.45) is 0. The number of benzene rings is 1. The number of rotatable bonds is 1. The van der Waals surface area contributed by atoms with Crippen molar-refractivity contribution < 1.29 is 9.90 Å². The molecule has 15 heavy (non-hydrogen) atoms. The zero-order valence-corrected chi connectivity index (χ0v) is 8.61. The molecule has 1 aliphatic heterocycles. The molecule has 0 fully saturated rings. The predicted octanol–water partition coefficient (Wildman–Crippen LogP) is 1.05. The zero-order chi connectivity index (χ0) is 11.1. The fourth-order valence-corrected chi connectivity index (χ4v) is 1.37. The molecule has 0 unspecified atom stereocenters. The molecule has 0 atom stereocenters. The Morgan fingerprint density at radius 1 is 1.27 bits per heavy atom. The SMILES string of the molecule is CC1(C)N=C(c2ccc(O)cc2)NC1=O. The molecular formula is C11H12N2O2. The number of hydrogen-bond donors (Lipinski definition) is 2. The number of hydrogen-bond acceptors (Lipinski definition) is 3. The molecule has 0 radical (unpaired) electrons. The summed E-state index contributed by atoms with van der Waals surface area (Å²) < 4.78 is 0. The van der Waals surface area contributed by atoms with E-state index in [9.17, 15) is 4.79 Å². The normalized spacial score (nSPS) is 18.5. The van der Waals surface area contributed by atoms with Gasteiger partial charge < -0.3 is 10.4 Å². The van der Waals surface area contributed by atoms with Crippen LogP contribution in [0.4, 0.5) is 0 Å². The van der Waals surface area contributed by atoms with E-state index in [-0.39, 0.29) is 11.7 Å². The highest BCUT2D eigenvalue weighted by Gasteiger charge is 2.34. The van der Waals surface area contributed by atoms with Gasteiger partial charge in [-0.2, -0.15) is 0 Å². The number of amidine groups is 1. The molecule has 0 aliphatic carbocycles. The van der Waals surface area contributed by atoms with Crippen molar-refractivity contribution >= 4 is 11.7 Å². The van der Waals surface area contributed by atoms with Crippen LogP contribution in [0.3, 0.4) is 0 Å². The van der Waals surface area contributed by atoms with Crippen LogP contribution >= 0.6 is 0 Å². The summed E-state index contributed by atoms with van der Waals surface area (Å²) in [5.41, 5.74) is 0.0967. The van der Waals surface area contributed by atoms with Crippen molar-refractivity contribution in [3.63, 3.8) is 0 Å². The molecule has 0 saturated carbocycles. The monoisotopic (exact) mass is 204 g/mol. The fraction of sp³-hybridized carbons (Fsp3) is 0.273. The summed E-state index contributed by atoms with van der Waals surface area (Å²) in [6.45, 7) is 3.52. The maximum absolute atomic E-state index is 11.5. The number of phenols is 1. The van der Waals surface area contributed by atoms with Gasteiger partial charge in [0.1, 0.15) is 17.1 Å². The summed E-state index contributed by atoms with van der Waals surface area (Å²) in [5.74, 6) is 0.651. The van der Waals surface area contributed by atoms with Crippen molar-refractivity contribution in [1.82, 2.24) is 5.32 Å². The molecular weight excluding hydrogens is 192 g/mol. The topological polar surface area (TPSA) is 61.7 Å². The second-order valence-corrected chi connectivity index (χ2v) is 4.02. The van der Waals surface area contributed by atoms with Crippen LogP contribution in [0.1, 0.15) is 19.4 Å². The van der Waals surface area contributed by atoms with E-state index in [0.717, 1.165) is 5.56 Å². The Kier molecular flexibility index (Phi) is 2.00. The fourth-order valence-electron chi connectivity index (χ4n) is 1.37. The van der Waals surface area contributed by atoms with Crippen molar-refractivity contribution in [3.8, 4) is 5.75 Å². The lowest BCUT2D eigenvalue weighted by molar-refractivity contribution is -0.122. The quantitative estimate of drug-likeness (QED) is 0.718. The Balaban J connectivity index is 2.35. The van der Waals surface area contributed by atoms with Gasteiger partial charge in [-0.15, -0.1) is 0 Å². The van der Waals surface area contributed by atoms with Crippen LogP contribution in [0.2, 0.25) is 0 Å². The standard InChI is InChI=1S/C11H12N2O2/c1-11(2)10(15)12-9(13-11)7-3-5-8(14)6-4-7/h3-6,14H,1-2H3,(H,12,13,15). The van der Waals surface area contributed by atoms with Gasteiger partial charge in [0.05, 0.1) is 0 Å². The van der Waals surface area contributed by atoms with Crippen molar-refractivity contribution in [2.45, 2.75) is 19.4 Å². The van der Waals surface area contributed by atoms with Crippen LogP contribution in [0.25, 0.3) is 0 Å². The third-order valence-corrected chi connectivity index (χ3v) is 2.32. The van der Waals surface area contributed by atoms with Crippen molar-refractivity contribution in [3.05, 3.63) is 29.8 Å². The molecule has 0 bridgehead atoms. The van der Waals surface area contributed by atoms with Gasteiger partial charge >= 0.3 is 0 Å². The van der Waals surface area contributed by atoms with E-state index in [0.29, 0.717) is 5.84 Å². The van der Waals surface area contributed by atoms with Gasteiger partial charge in [-0.05, 0) is 38.1 Å². The number of phenolic OH excluding ortho intramolecular Hbond substituents is 1. The second-order valence-electron chi connectivity index (χ2n) is 4.02. The maximum Gasteiger partial charge on any atom is 0.252 e. The number of aliphatic imine (C=N–C) groups is 1. The Morgan fingerprint density at radius 2 is 1.87 bits per heavy atom. The van der Waals surface area contributed by atoms with E-state index in [2.05, 4.69) is 10.3 Å². The molecule has 1 aromatic rings. The Labute approximate surface area is 87.7 Å². The number of aromatic hydroxyl groups is 1. The van der Waals surface area contributed by atoms with Crippen LogP contribution in [-0.2, 0) is 4.79 Å². The Morgan fingerprint density at radius 3 is 2.33 bits per heavy atom. The Hall–Kier alpha value is -1.84. The van der Waals surface area contributed by atoms with Crippen LogP contribution in [-0.4, -0.2) is 22.4 Å². The van der Waals surface area contributed by atoms with Gasteiger partial charge in [-0.1, -0.05) is 0 Å². The van der Waals surface area contributed by atoms with Gasteiger partial charge in [0.15, 0.2) is 0 Å². The smallest absolute Gasteiger partial charge is 0.252 e. The van der Waals surface area contributed by atoms with Gasteiger partial charge in [0.25, 0.3) is 5.91 Å². The van der Waals surface area contributed by atoms with E-state index in [1.54, 1.807) is 38.1 Å². The molecule has 1 heterocycles. The van der Waals surface area contributed by atoms with Gasteiger partial charge in [-0.25, -0.2) is 0 Å². The summed E-state index contributed by atoms with van der Waals surface area (Å²) in [7, 11) is 0. The van der Waals surface area contributed by atoms with Crippen molar-refractivity contribution in [1.29, 1.82) is 0 Å². The van der Waals surface area contributed by atoms with Crippen LogP contribution in [0.15, 0.2) is 29.3 Å².